The van der Waals surface area contributed by atoms with Crippen LogP contribution < -0.4 is 10.6 Å². The van der Waals surface area contributed by atoms with Crippen molar-refractivity contribution in [3.63, 3.8) is 0 Å². The van der Waals surface area contributed by atoms with Crippen LogP contribution in [0.5, 0.6) is 0 Å². The molecule has 2 N–H and O–H groups in total. The molecular formula is C13H15N3O. The molecule has 0 bridgehead atoms. The third kappa shape index (κ3) is 3.65. The highest BCUT2D eigenvalue weighted by Crippen LogP contribution is 2.03. The van der Waals surface area contributed by atoms with Crippen molar-refractivity contribution >= 4 is 5.91 Å². The van der Waals surface area contributed by atoms with Crippen LogP contribution in [-0.2, 0) is 11.3 Å². The van der Waals surface area contributed by atoms with Crippen molar-refractivity contribution in [3.05, 3.63) is 47.2 Å². The standard InChI is InChI=1S/C13H15N3O/c1-10(12(8-14)13(17)15-2)16-9-11-6-4-3-5-7-11/h3-7,16H,9H2,1-2H3,(H,15,17)/b12-10+. The second-order valence-corrected chi connectivity index (χ2v) is 3.53. The lowest BCUT2D eigenvalue weighted by atomic mass is 10.2. The summed E-state index contributed by atoms with van der Waals surface area (Å²) in [4.78, 5) is 11.4. The summed E-state index contributed by atoms with van der Waals surface area (Å²) in [5, 5.41) is 14.4. The van der Waals surface area contributed by atoms with E-state index in [0.29, 0.717) is 12.2 Å². The molecule has 0 aliphatic carbocycles. The molecule has 0 aromatic heterocycles. The van der Waals surface area contributed by atoms with E-state index in [1.165, 1.54) is 7.05 Å². The van der Waals surface area contributed by atoms with Gasteiger partial charge in [0, 0.05) is 19.3 Å². The summed E-state index contributed by atoms with van der Waals surface area (Å²) in [6.45, 7) is 2.31. The lowest BCUT2D eigenvalue weighted by Gasteiger charge is -2.08. The summed E-state index contributed by atoms with van der Waals surface area (Å²) in [5.74, 6) is -0.370. The molecule has 0 spiro atoms. The summed E-state index contributed by atoms with van der Waals surface area (Å²) >= 11 is 0. The van der Waals surface area contributed by atoms with Gasteiger partial charge in [-0.25, -0.2) is 0 Å². The first-order valence-electron chi connectivity index (χ1n) is 5.30. The van der Waals surface area contributed by atoms with Gasteiger partial charge in [0.25, 0.3) is 5.91 Å². The van der Waals surface area contributed by atoms with Crippen LogP contribution in [0.25, 0.3) is 0 Å². The second-order valence-electron chi connectivity index (χ2n) is 3.53. The Balaban J connectivity index is 2.71. The van der Waals surface area contributed by atoms with Crippen molar-refractivity contribution in [2.24, 2.45) is 0 Å². The molecule has 0 atom stereocenters. The number of rotatable bonds is 4. The number of allylic oxidation sites excluding steroid dienone is 1. The normalized spacial score (nSPS) is 11.1. The van der Waals surface area contributed by atoms with Crippen LogP contribution in [0.4, 0.5) is 0 Å². The van der Waals surface area contributed by atoms with E-state index >= 15 is 0 Å². The van der Waals surface area contributed by atoms with Gasteiger partial charge < -0.3 is 10.6 Å². The molecule has 1 aromatic rings. The summed E-state index contributed by atoms with van der Waals surface area (Å²) in [6.07, 6.45) is 0. The zero-order valence-corrected chi connectivity index (χ0v) is 9.95. The molecule has 1 amide bonds. The van der Waals surface area contributed by atoms with E-state index in [9.17, 15) is 4.79 Å². The fourth-order valence-corrected chi connectivity index (χ4v) is 1.35. The van der Waals surface area contributed by atoms with E-state index in [0.717, 1.165) is 5.56 Å². The van der Waals surface area contributed by atoms with Crippen molar-refractivity contribution in [3.8, 4) is 6.07 Å². The maximum Gasteiger partial charge on any atom is 0.263 e. The number of carbonyl (C=O) groups excluding carboxylic acids is 1. The number of nitriles is 1. The van der Waals surface area contributed by atoms with E-state index < -0.39 is 0 Å². The molecule has 0 heterocycles. The Morgan fingerprint density at radius 3 is 2.53 bits per heavy atom. The Labute approximate surface area is 101 Å². The quantitative estimate of drug-likeness (QED) is 0.604. The van der Waals surface area contributed by atoms with Crippen molar-refractivity contribution < 1.29 is 4.79 Å². The first-order chi connectivity index (χ1) is 8.19. The van der Waals surface area contributed by atoms with Crippen LogP contribution in [-0.4, -0.2) is 13.0 Å². The van der Waals surface area contributed by atoms with Crippen LogP contribution in [0.2, 0.25) is 0 Å². The van der Waals surface area contributed by atoms with E-state index in [4.69, 9.17) is 5.26 Å². The van der Waals surface area contributed by atoms with Gasteiger partial charge >= 0.3 is 0 Å². The molecule has 0 aliphatic heterocycles. The van der Waals surface area contributed by atoms with E-state index in [2.05, 4.69) is 10.6 Å². The number of hydrogen-bond acceptors (Lipinski definition) is 3. The van der Waals surface area contributed by atoms with Gasteiger partial charge in [0.05, 0.1) is 0 Å². The average molecular weight is 229 g/mol. The van der Waals surface area contributed by atoms with Crippen LogP contribution in [0.3, 0.4) is 0 Å². The largest absolute Gasteiger partial charge is 0.383 e. The Morgan fingerprint density at radius 2 is 2.00 bits per heavy atom. The van der Waals surface area contributed by atoms with Crippen molar-refractivity contribution in [1.29, 1.82) is 5.26 Å². The van der Waals surface area contributed by atoms with Crippen molar-refractivity contribution in [2.75, 3.05) is 7.05 Å². The molecule has 1 rings (SSSR count). The smallest absolute Gasteiger partial charge is 0.263 e. The van der Waals surface area contributed by atoms with Crippen molar-refractivity contribution in [1.82, 2.24) is 10.6 Å². The van der Waals surface area contributed by atoms with E-state index in [1.807, 2.05) is 36.4 Å². The molecule has 0 aliphatic rings. The Hall–Kier alpha value is -2.28. The first-order valence-corrected chi connectivity index (χ1v) is 5.30. The molecule has 0 fully saturated rings. The molecule has 88 valence electrons. The topological polar surface area (TPSA) is 64.9 Å². The number of nitrogens with zero attached hydrogens (tertiary/aromatic N) is 1. The third-order valence-corrected chi connectivity index (χ3v) is 2.34. The minimum absolute atomic E-state index is 0.114. The van der Waals surface area contributed by atoms with E-state index in [-0.39, 0.29) is 11.5 Å². The highest BCUT2D eigenvalue weighted by Gasteiger charge is 2.10. The Kier molecular flexibility index (Phi) is 4.77. The molecule has 0 saturated heterocycles. The van der Waals surface area contributed by atoms with Gasteiger partial charge in [-0.2, -0.15) is 5.26 Å². The molecule has 4 nitrogen and oxygen atoms in total. The van der Waals surface area contributed by atoms with Crippen LogP contribution in [0, 0.1) is 11.3 Å². The zero-order chi connectivity index (χ0) is 12.7. The molecule has 0 radical (unpaired) electrons. The lowest BCUT2D eigenvalue weighted by molar-refractivity contribution is -0.116. The number of hydrogen-bond donors (Lipinski definition) is 2. The molecule has 4 heteroatoms. The van der Waals surface area contributed by atoms with Gasteiger partial charge in [0.15, 0.2) is 0 Å². The third-order valence-electron chi connectivity index (χ3n) is 2.34. The first kappa shape index (κ1) is 12.8. The maximum absolute atomic E-state index is 11.4. The average Bonchev–Trinajstić information content (AvgIpc) is 2.38. The van der Waals surface area contributed by atoms with Gasteiger partial charge in [-0.15, -0.1) is 0 Å². The van der Waals surface area contributed by atoms with Gasteiger partial charge in [-0.1, -0.05) is 30.3 Å². The highest BCUT2D eigenvalue weighted by atomic mass is 16.1. The minimum Gasteiger partial charge on any atom is -0.383 e. The van der Waals surface area contributed by atoms with Gasteiger partial charge in [-0.05, 0) is 12.5 Å². The predicted molar refractivity (Wildman–Crippen MR) is 65.7 cm³/mol. The predicted octanol–water partition coefficient (Wildman–Crippen LogP) is 1.32. The zero-order valence-electron chi connectivity index (χ0n) is 9.95. The van der Waals surface area contributed by atoms with Crippen LogP contribution >= 0.6 is 0 Å². The highest BCUT2D eigenvalue weighted by molar-refractivity contribution is 5.97. The number of carbonyl (C=O) groups is 1. The fraction of sp³-hybridized carbons (Fsp3) is 0.231. The molecule has 0 saturated carbocycles. The summed E-state index contributed by atoms with van der Waals surface area (Å²) < 4.78 is 0. The van der Waals surface area contributed by atoms with E-state index in [1.54, 1.807) is 6.92 Å². The number of benzene rings is 1. The fourth-order valence-electron chi connectivity index (χ4n) is 1.35. The summed E-state index contributed by atoms with van der Waals surface area (Å²) in [6, 6.07) is 11.7. The second kappa shape index (κ2) is 6.33. The Morgan fingerprint density at radius 1 is 1.35 bits per heavy atom. The summed E-state index contributed by atoms with van der Waals surface area (Å²) in [5.41, 5.74) is 1.79. The summed E-state index contributed by atoms with van der Waals surface area (Å²) in [7, 11) is 1.50. The van der Waals surface area contributed by atoms with Crippen LogP contribution in [0.15, 0.2) is 41.6 Å². The molecule has 17 heavy (non-hydrogen) atoms. The Bertz CT molecular complexity index is 457. The van der Waals surface area contributed by atoms with Gasteiger partial charge in [0.2, 0.25) is 0 Å². The monoisotopic (exact) mass is 229 g/mol. The molecule has 0 unspecified atom stereocenters. The lowest BCUT2D eigenvalue weighted by Crippen LogP contribution is -2.23. The molecule has 1 aromatic carbocycles. The van der Waals surface area contributed by atoms with Crippen LogP contribution in [0.1, 0.15) is 12.5 Å². The number of likely N-dealkylation sites (N-methyl/N-ethyl adjacent to an activating group) is 1. The van der Waals surface area contributed by atoms with Crippen molar-refractivity contribution in [2.45, 2.75) is 13.5 Å². The molecular weight excluding hydrogens is 214 g/mol. The number of nitrogens with one attached hydrogen (secondary N) is 2. The van der Waals surface area contributed by atoms with Gasteiger partial charge in [-0.3, -0.25) is 4.79 Å². The maximum atomic E-state index is 11.4. The minimum atomic E-state index is -0.370. The SMILES string of the molecule is CNC(=O)/C(C#N)=C(\C)NCc1ccccc1. The van der Waals surface area contributed by atoms with Gasteiger partial charge in [0.1, 0.15) is 11.6 Å². The number of amides is 1.